The first-order valence-corrected chi connectivity index (χ1v) is 6.99. The van der Waals surface area contributed by atoms with Crippen LogP contribution < -0.4 is 0 Å². The average Bonchev–Trinajstić information content (AvgIpc) is 2.78. The molecule has 1 aliphatic carbocycles. The quantitative estimate of drug-likeness (QED) is 0.403. The Bertz CT molecular complexity index is 423. The number of ether oxygens (including phenoxy) is 3. The Balaban J connectivity index is 3.26. The van der Waals surface area contributed by atoms with E-state index in [2.05, 4.69) is 0 Å². The highest BCUT2D eigenvalue weighted by molar-refractivity contribution is 6.15. The largest absolute Gasteiger partial charge is 0.465 e. The van der Waals surface area contributed by atoms with Gasteiger partial charge in [-0.1, -0.05) is 0 Å². The molecule has 0 aromatic heterocycles. The van der Waals surface area contributed by atoms with Crippen LogP contribution in [0, 0.1) is 11.3 Å². The molecule has 0 amide bonds. The van der Waals surface area contributed by atoms with E-state index in [1.807, 2.05) is 0 Å². The van der Waals surface area contributed by atoms with E-state index in [0.717, 1.165) is 0 Å². The van der Waals surface area contributed by atoms with Crippen LogP contribution >= 0.6 is 0 Å². The molecule has 21 heavy (non-hydrogen) atoms. The molecule has 118 valence electrons. The van der Waals surface area contributed by atoms with Gasteiger partial charge in [0.2, 0.25) is 0 Å². The van der Waals surface area contributed by atoms with Gasteiger partial charge in [0.1, 0.15) is 11.7 Å². The minimum absolute atomic E-state index is 0.0315. The van der Waals surface area contributed by atoms with E-state index >= 15 is 0 Å². The Morgan fingerprint density at radius 1 is 1.00 bits per heavy atom. The normalized spacial score (nSPS) is 20.0. The fourth-order valence-electron chi connectivity index (χ4n) is 2.49. The lowest BCUT2D eigenvalue weighted by atomic mass is 9.77. The first kappa shape index (κ1) is 17.1. The van der Waals surface area contributed by atoms with Crippen LogP contribution in [0.3, 0.4) is 0 Å². The van der Waals surface area contributed by atoms with Crippen LogP contribution in [0.25, 0.3) is 0 Å². The van der Waals surface area contributed by atoms with Gasteiger partial charge in [-0.2, -0.15) is 0 Å². The van der Waals surface area contributed by atoms with Crippen molar-refractivity contribution in [2.24, 2.45) is 11.3 Å². The molecule has 1 rings (SSSR count). The van der Waals surface area contributed by atoms with Crippen molar-refractivity contribution in [3.05, 3.63) is 0 Å². The summed E-state index contributed by atoms with van der Waals surface area (Å²) in [5, 5.41) is 0. The van der Waals surface area contributed by atoms with Crippen LogP contribution in [-0.4, -0.2) is 43.5 Å². The van der Waals surface area contributed by atoms with Crippen molar-refractivity contribution in [2.45, 2.75) is 33.6 Å². The van der Waals surface area contributed by atoms with E-state index in [0.29, 0.717) is 0 Å². The summed E-state index contributed by atoms with van der Waals surface area (Å²) in [6, 6.07) is 0. The van der Waals surface area contributed by atoms with Crippen molar-refractivity contribution in [3.8, 4) is 0 Å². The Hall–Kier alpha value is -1.92. The van der Waals surface area contributed by atoms with Crippen molar-refractivity contribution in [1.82, 2.24) is 0 Å². The van der Waals surface area contributed by atoms with E-state index in [-0.39, 0.29) is 32.7 Å². The van der Waals surface area contributed by atoms with Crippen molar-refractivity contribution in [3.63, 3.8) is 0 Å². The Labute approximate surface area is 122 Å². The zero-order valence-corrected chi connectivity index (χ0v) is 12.5. The predicted octanol–water partition coefficient (Wildman–Crippen LogP) is 0.641. The number of hydrogen-bond donors (Lipinski definition) is 0. The molecule has 0 spiro atoms. The van der Waals surface area contributed by atoms with E-state index in [4.69, 9.17) is 14.2 Å². The SMILES string of the molecule is CCOC(=O)C1C(=O)CCC1(C(=O)OCC)C(=O)OCC. The second-order valence-electron chi connectivity index (χ2n) is 4.56. The van der Waals surface area contributed by atoms with Gasteiger partial charge in [0.05, 0.1) is 19.8 Å². The lowest BCUT2D eigenvalue weighted by Gasteiger charge is -2.28. The molecule has 1 atom stereocenters. The molecule has 1 fully saturated rings. The summed E-state index contributed by atoms with van der Waals surface area (Å²) in [6.45, 7) is 4.84. The van der Waals surface area contributed by atoms with Gasteiger partial charge in [0.25, 0.3) is 0 Å². The van der Waals surface area contributed by atoms with Crippen molar-refractivity contribution in [2.75, 3.05) is 19.8 Å². The topological polar surface area (TPSA) is 96.0 Å². The van der Waals surface area contributed by atoms with Gasteiger partial charge in [0, 0.05) is 6.42 Å². The Morgan fingerprint density at radius 3 is 1.90 bits per heavy atom. The number of rotatable bonds is 6. The summed E-state index contributed by atoms with van der Waals surface area (Å²) in [5.41, 5.74) is -1.92. The van der Waals surface area contributed by atoms with Gasteiger partial charge in [-0.25, -0.2) is 0 Å². The maximum Gasteiger partial charge on any atom is 0.324 e. The molecule has 7 heteroatoms. The molecule has 0 saturated heterocycles. The smallest absolute Gasteiger partial charge is 0.324 e. The first-order valence-electron chi connectivity index (χ1n) is 6.99. The maximum absolute atomic E-state index is 12.3. The lowest BCUT2D eigenvalue weighted by Crippen LogP contribution is -2.49. The van der Waals surface area contributed by atoms with Gasteiger partial charge in [-0.3, -0.25) is 19.2 Å². The summed E-state index contributed by atoms with van der Waals surface area (Å²) < 4.78 is 14.6. The van der Waals surface area contributed by atoms with Crippen molar-refractivity contribution in [1.29, 1.82) is 0 Å². The third kappa shape index (κ3) is 3.06. The van der Waals surface area contributed by atoms with E-state index in [9.17, 15) is 19.2 Å². The first-order chi connectivity index (χ1) is 9.95. The average molecular weight is 300 g/mol. The highest BCUT2D eigenvalue weighted by Crippen LogP contribution is 2.44. The van der Waals surface area contributed by atoms with Crippen molar-refractivity contribution < 1.29 is 33.4 Å². The number of hydrogen-bond acceptors (Lipinski definition) is 7. The summed E-state index contributed by atoms with van der Waals surface area (Å²) in [4.78, 5) is 48.6. The fraction of sp³-hybridized carbons (Fsp3) is 0.714. The van der Waals surface area contributed by atoms with Gasteiger partial charge < -0.3 is 14.2 Å². The van der Waals surface area contributed by atoms with Crippen LogP contribution in [0.5, 0.6) is 0 Å². The van der Waals surface area contributed by atoms with Gasteiger partial charge in [0.15, 0.2) is 5.41 Å². The van der Waals surface area contributed by atoms with Crippen LogP contribution in [-0.2, 0) is 33.4 Å². The van der Waals surface area contributed by atoms with E-state index in [1.165, 1.54) is 0 Å². The molecule has 0 radical (unpaired) electrons. The number of esters is 3. The fourth-order valence-corrected chi connectivity index (χ4v) is 2.49. The second kappa shape index (κ2) is 7.19. The summed E-state index contributed by atoms with van der Waals surface area (Å²) in [7, 11) is 0. The molecular formula is C14H20O7. The van der Waals surface area contributed by atoms with Gasteiger partial charge >= 0.3 is 17.9 Å². The molecular weight excluding hydrogens is 280 g/mol. The van der Waals surface area contributed by atoms with Crippen LogP contribution in [0.2, 0.25) is 0 Å². The minimum Gasteiger partial charge on any atom is -0.465 e. The molecule has 1 aliphatic rings. The highest BCUT2D eigenvalue weighted by atomic mass is 16.6. The van der Waals surface area contributed by atoms with E-state index < -0.39 is 35.0 Å². The van der Waals surface area contributed by atoms with Gasteiger partial charge in [-0.15, -0.1) is 0 Å². The van der Waals surface area contributed by atoms with Crippen LogP contribution in [0.4, 0.5) is 0 Å². The third-order valence-electron chi connectivity index (χ3n) is 3.38. The zero-order chi connectivity index (χ0) is 16.0. The molecule has 1 saturated carbocycles. The lowest BCUT2D eigenvalue weighted by molar-refractivity contribution is -0.182. The zero-order valence-electron chi connectivity index (χ0n) is 12.5. The monoisotopic (exact) mass is 300 g/mol. The molecule has 0 bridgehead atoms. The Kier molecular flexibility index (Phi) is 5.87. The summed E-state index contributed by atoms with van der Waals surface area (Å²) >= 11 is 0. The Morgan fingerprint density at radius 2 is 1.48 bits per heavy atom. The third-order valence-corrected chi connectivity index (χ3v) is 3.38. The molecule has 0 aromatic rings. The van der Waals surface area contributed by atoms with Crippen molar-refractivity contribution >= 4 is 23.7 Å². The minimum atomic E-state index is -1.92. The van der Waals surface area contributed by atoms with E-state index in [1.54, 1.807) is 20.8 Å². The number of carbonyl (C=O) groups excluding carboxylic acids is 4. The van der Waals surface area contributed by atoms with Gasteiger partial charge in [-0.05, 0) is 27.2 Å². The molecule has 0 heterocycles. The molecule has 1 unspecified atom stereocenters. The molecule has 7 nitrogen and oxygen atoms in total. The number of ketones is 1. The maximum atomic E-state index is 12.3. The highest BCUT2D eigenvalue weighted by Gasteiger charge is 2.64. The summed E-state index contributed by atoms with van der Waals surface area (Å²) in [6.07, 6.45) is -0.173. The summed E-state index contributed by atoms with van der Waals surface area (Å²) in [5.74, 6) is -4.70. The van der Waals surface area contributed by atoms with Crippen LogP contribution in [0.15, 0.2) is 0 Å². The molecule has 0 aliphatic heterocycles. The second-order valence-corrected chi connectivity index (χ2v) is 4.56. The standard InChI is InChI=1S/C14H20O7/c1-4-19-11(16)10-9(15)7-8-14(10,12(17)20-5-2)13(18)21-6-3/h10H,4-8H2,1-3H3. The number of carbonyl (C=O) groups is 4. The number of Topliss-reactive ketones (excluding diaryl/α,β-unsaturated/α-hetero) is 1. The predicted molar refractivity (Wildman–Crippen MR) is 70.1 cm³/mol. The molecule has 0 aromatic carbocycles. The molecule has 0 N–H and O–H groups in total. The van der Waals surface area contributed by atoms with Crippen LogP contribution in [0.1, 0.15) is 33.6 Å².